The second-order valence-corrected chi connectivity index (χ2v) is 4.77. The zero-order valence-electron chi connectivity index (χ0n) is 10.9. The SMILES string of the molecule is Cc1ccc(C(=O)c2ccc(OC(F)(F)F)cc2)cc1Cl. The first-order valence-electron chi connectivity index (χ1n) is 5.93. The molecule has 0 amide bonds. The van der Waals surface area contributed by atoms with Gasteiger partial charge in [-0.15, -0.1) is 13.2 Å². The first-order valence-corrected chi connectivity index (χ1v) is 6.31. The van der Waals surface area contributed by atoms with E-state index in [1.807, 2.05) is 0 Å². The molecule has 0 N–H and O–H groups in total. The minimum absolute atomic E-state index is 0.254. The molecule has 0 saturated heterocycles. The number of ketones is 1. The van der Waals surface area contributed by atoms with Crippen molar-refractivity contribution in [3.05, 3.63) is 64.2 Å². The van der Waals surface area contributed by atoms with Gasteiger partial charge in [0.2, 0.25) is 0 Å². The van der Waals surface area contributed by atoms with Crippen LogP contribution in [0, 0.1) is 6.92 Å². The molecule has 0 fully saturated rings. The smallest absolute Gasteiger partial charge is 0.406 e. The molecule has 0 saturated carbocycles. The van der Waals surface area contributed by atoms with Gasteiger partial charge in [0.05, 0.1) is 0 Å². The summed E-state index contributed by atoms with van der Waals surface area (Å²) in [7, 11) is 0. The van der Waals surface area contributed by atoms with Crippen molar-refractivity contribution in [2.75, 3.05) is 0 Å². The van der Waals surface area contributed by atoms with Crippen LogP contribution < -0.4 is 4.74 Å². The number of carbonyl (C=O) groups excluding carboxylic acids is 1. The van der Waals surface area contributed by atoms with Crippen molar-refractivity contribution in [1.82, 2.24) is 0 Å². The van der Waals surface area contributed by atoms with E-state index in [2.05, 4.69) is 4.74 Å². The summed E-state index contributed by atoms with van der Waals surface area (Å²) < 4.78 is 39.9. The van der Waals surface area contributed by atoms with Gasteiger partial charge >= 0.3 is 6.36 Å². The van der Waals surface area contributed by atoms with Crippen LogP contribution in [0.4, 0.5) is 13.2 Å². The molecule has 21 heavy (non-hydrogen) atoms. The lowest BCUT2D eigenvalue weighted by molar-refractivity contribution is -0.274. The Hall–Kier alpha value is -2.01. The van der Waals surface area contributed by atoms with Crippen molar-refractivity contribution < 1.29 is 22.7 Å². The number of hydrogen-bond donors (Lipinski definition) is 0. The summed E-state index contributed by atoms with van der Waals surface area (Å²) in [6.45, 7) is 1.81. The highest BCUT2D eigenvalue weighted by Gasteiger charge is 2.31. The van der Waals surface area contributed by atoms with E-state index in [4.69, 9.17) is 11.6 Å². The summed E-state index contributed by atoms with van der Waals surface area (Å²) in [5.74, 6) is -0.698. The average Bonchev–Trinajstić information content (AvgIpc) is 2.40. The molecule has 0 atom stereocenters. The van der Waals surface area contributed by atoms with E-state index < -0.39 is 6.36 Å². The minimum atomic E-state index is -4.75. The van der Waals surface area contributed by atoms with E-state index in [0.29, 0.717) is 10.6 Å². The molecule has 0 aliphatic carbocycles. The number of ether oxygens (including phenoxy) is 1. The molecule has 2 rings (SSSR count). The lowest BCUT2D eigenvalue weighted by Crippen LogP contribution is -2.17. The van der Waals surface area contributed by atoms with Crippen molar-refractivity contribution >= 4 is 17.4 Å². The minimum Gasteiger partial charge on any atom is -0.406 e. The number of aryl methyl sites for hydroxylation is 1. The van der Waals surface area contributed by atoms with Gasteiger partial charge in [-0.3, -0.25) is 4.79 Å². The fourth-order valence-electron chi connectivity index (χ4n) is 1.71. The maximum Gasteiger partial charge on any atom is 0.573 e. The third-order valence-corrected chi connectivity index (χ3v) is 3.19. The maximum atomic E-state index is 12.2. The van der Waals surface area contributed by atoms with E-state index in [0.717, 1.165) is 17.7 Å². The molecule has 110 valence electrons. The normalized spacial score (nSPS) is 11.3. The van der Waals surface area contributed by atoms with Crippen molar-refractivity contribution in [2.45, 2.75) is 13.3 Å². The quantitative estimate of drug-likeness (QED) is 0.762. The van der Waals surface area contributed by atoms with Crippen LogP contribution >= 0.6 is 11.6 Å². The molecule has 6 heteroatoms. The fourth-order valence-corrected chi connectivity index (χ4v) is 1.89. The number of halogens is 4. The molecule has 0 radical (unpaired) electrons. The Morgan fingerprint density at radius 3 is 2.14 bits per heavy atom. The Bertz CT molecular complexity index is 664. The average molecular weight is 315 g/mol. The van der Waals surface area contributed by atoms with Gasteiger partial charge < -0.3 is 4.74 Å². The second kappa shape index (κ2) is 5.77. The molecule has 0 unspecified atom stereocenters. The van der Waals surface area contributed by atoms with E-state index in [-0.39, 0.29) is 17.1 Å². The van der Waals surface area contributed by atoms with Gasteiger partial charge in [0, 0.05) is 16.1 Å². The van der Waals surface area contributed by atoms with Crippen LogP contribution in [0.3, 0.4) is 0 Å². The fraction of sp³-hybridized carbons (Fsp3) is 0.133. The molecule has 0 spiro atoms. The number of carbonyl (C=O) groups is 1. The zero-order valence-corrected chi connectivity index (χ0v) is 11.6. The third-order valence-electron chi connectivity index (χ3n) is 2.78. The molecule has 0 aliphatic heterocycles. The predicted molar refractivity (Wildman–Crippen MR) is 72.7 cm³/mol. The summed E-state index contributed by atoms with van der Waals surface area (Å²) in [5.41, 5.74) is 1.46. The highest BCUT2D eigenvalue weighted by atomic mass is 35.5. The number of hydrogen-bond acceptors (Lipinski definition) is 2. The molecule has 2 aromatic rings. The third kappa shape index (κ3) is 3.98. The Morgan fingerprint density at radius 2 is 1.62 bits per heavy atom. The summed E-state index contributed by atoms with van der Waals surface area (Å²) in [4.78, 5) is 12.2. The molecular formula is C15H10ClF3O2. The van der Waals surface area contributed by atoms with Gasteiger partial charge in [0.15, 0.2) is 5.78 Å². The van der Waals surface area contributed by atoms with Gasteiger partial charge in [-0.1, -0.05) is 23.7 Å². The van der Waals surface area contributed by atoms with Gasteiger partial charge in [-0.25, -0.2) is 0 Å². The van der Waals surface area contributed by atoms with Crippen molar-refractivity contribution in [2.24, 2.45) is 0 Å². The number of benzene rings is 2. The molecule has 0 bridgehead atoms. The number of alkyl halides is 3. The first-order chi connectivity index (χ1) is 9.76. The second-order valence-electron chi connectivity index (χ2n) is 4.37. The van der Waals surface area contributed by atoms with Crippen LogP contribution in [0.1, 0.15) is 21.5 Å². The van der Waals surface area contributed by atoms with Crippen LogP contribution in [0.2, 0.25) is 5.02 Å². The van der Waals surface area contributed by atoms with Crippen LogP contribution in [-0.4, -0.2) is 12.1 Å². The summed E-state index contributed by atoms with van der Waals surface area (Å²) in [6.07, 6.45) is -4.75. The van der Waals surface area contributed by atoms with Crippen LogP contribution in [0.15, 0.2) is 42.5 Å². The van der Waals surface area contributed by atoms with Crippen molar-refractivity contribution in [3.8, 4) is 5.75 Å². The Morgan fingerprint density at radius 1 is 1.05 bits per heavy atom. The number of rotatable bonds is 3. The molecular weight excluding hydrogens is 305 g/mol. The van der Waals surface area contributed by atoms with E-state index >= 15 is 0 Å². The highest BCUT2D eigenvalue weighted by Crippen LogP contribution is 2.24. The molecule has 2 nitrogen and oxygen atoms in total. The predicted octanol–water partition coefficient (Wildman–Crippen LogP) is 4.78. The largest absolute Gasteiger partial charge is 0.573 e. The van der Waals surface area contributed by atoms with E-state index in [9.17, 15) is 18.0 Å². The van der Waals surface area contributed by atoms with Crippen LogP contribution in [-0.2, 0) is 0 Å². The highest BCUT2D eigenvalue weighted by molar-refractivity contribution is 6.31. The lowest BCUT2D eigenvalue weighted by Gasteiger charge is -2.09. The zero-order chi connectivity index (χ0) is 15.6. The van der Waals surface area contributed by atoms with Crippen LogP contribution in [0.5, 0.6) is 5.75 Å². The van der Waals surface area contributed by atoms with Crippen LogP contribution in [0.25, 0.3) is 0 Å². The summed E-state index contributed by atoms with van der Waals surface area (Å²) >= 11 is 5.95. The Balaban J connectivity index is 2.22. The molecule has 0 aliphatic rings. The lowest BCUT2D eigenvalue weighted by atomic mass is 10.0. The van der Waals surface area contributed by atoms with Crippen molar-refractivity contribution in [3.63, 3.8) is 0 Å². The van der Waals surface area contributed by atoms with Gasteiger partial charge in [-0.2, -0.15) is 0 Å². The maximum absolute atomic E-state index is 12.2. The van der Waals surface area contributed by atoms with Gasteiger partial charge in [0.25, 0.3) is 0 Å². The topological polar surface area (TPSA) is 26.3 Å². The van der Waals surface area contributed by atoms with Crippen molar-refractivity contribution in [1.29, 1.82) is 0 Å². The standard InChI is InChI=1S/C15H10ClF3O2/c1-9-2-3-11(8-13(9)16)14(20)10-4-6-12(7-5-10)21-15(17,18)19/h2-8H,1H3. The molecule has 0 heterocycles. The van der Waals surface area contributed by atoms with Gasteiger partial charge in [0.1, 0.15) is 5.75 Å². The Labute approximate surface area is 124 Å². The first kappa shape index (κ1) is 15.4. The summed E-state index contributed by atoms with van der Waals surface area (Å²) in [5, 5.41) is 0.456. The monoisotopic (exact) mass is 314 g/mol. The molecule has 0 aromatic heterocycles. The summed E-state index contributed by atoms with van der Waals surface area (Å²) in [6, 6.07) is 9.58. The molecule has 2 aromatic carbocycles. The van der Waals surface area contributed by atoms with Gasteiger partial charge in [-0.05, 0) is 42.8 Å². The van der Waals surface area contributed by atoms with E-state index in [1.54, 1.807) is 19.1 Å². The van der Waals surface area contributed by atoms with E-state index in [1.165, 1.54) is 18.2 Å². The Kier molecular flexibility index (Phi) is 4.23.